The average molecular weight is 210 g/mol. The molecule has 1 atom stereocenters. The van der Waals surface area contributed by atoms with Gasteiger partial charge in [-0.05, 0) is 19.3 Å². The first-order valence-corrected chi connectivity index (χ1v) is 5.98. The monoisotopic (exact) mass is 210 g/mol. The predicted octanol–water partition coefficient (Wildman–Crippen LogP) is 1.59. The normalized spacial score (nSPS) is 32.4. The van der Waals surface area contributed by atoms with Crippen molar-refractivity contribution >= 4 is 11.3 Å². The number of ether oxygens (including phenoxy) is 1. The van der Waals surface area contributed by atoms with E-state index in [1.54, 1.807) is 11.3 Å². The standard InChI is InChI=1S/C10H14N2OS/c11-10(3-4-13-6-10)8-5-14-9(12-8)7-1-2-7/h5,7H,1-4,6,11H2. The van der Waals surface area contributed by atoms with E-state index in [0.29, 0.717) is 6.61 Å². The predicted molar refractivity (Wildman–Crippen MR) is 55.4 cm³/mol. The highest BCUT2D eigenvalue weighted by molar-refractivity contribution is 7.09. The molecular formula is C10H14N2OS. The van der Waals surface area contributed by atoms with Gasteiger partial charge in [-0.3, -0.25) is 0 Å². The van der Waals surface area contributed by atoms with Crippen molar-refractivity contribution in [1.82, 2.24) is 4.98 Å². The molecule has 0 radical (unpaired) electrons. The van der Waals surface area contributed by atoms with Gasteiger partial charge in [0, 0.05) is 17.9 Å². The van der Waals surface area contributed by atoms with Crippen molar-refractivity contribution in [2.75, 3.05) is 13.2 Å². The number of hydrogen-bond donors (Lipinski definition) is 1. The van der Waals surface area contributed by atoms with Crippen LogP contribution in [0.1, 0.15) is 35.9 Å². The van der Waals surface area contributed by atoms with Crippen LogP contribution in [0, 0.1) is 0 Å². The van der Waals surface area contributed by atoms with Gasteiger partial charge in [0.15, 0.2) is 0 Å². The lowest BCUT2D eigenvalue weighted by molar-refractivity contribution is 0.177. The quantitative estimate of drug-likeness (QED) is 0.806. The minimum atomic E-state index is -0.302. The SMILES string of the molecule is NC1(c2csc(C3CC3)n2)CCOC1. The Bertz CT molecular complexity index is 340. The highest BCUT2D eigenvalue weighted by Crippen LogP contribution is 2.42. The third kappa shape index (κ3) is 1.38. The van der Waals surface area contributed by atoms with E-state index >= 15 is 0 Å². The smallest absolute Gasteiger partial charge is 0.0960 e. The Hall–Kier alpha value is -0.450. The Labute approximate surface area is 87.3 Å². The summed E-state index contributed by atoms with van der Waals surface area (Å²) in [6.45, 7) is 1.40. The second kappa shape index (κ2) is 3.02. The van der Waals surface area contributed by atoms with Crippen LogP contribution in [0.15, 0.2) is 5.38 Å². The lowest BCUT2D eigenvalue weighted by Gasteiger charge is -2.18. The summed E-state index contributed by atoms with van der Waals surface area (Å²) in [7, 11) is 0. The highest BCUT2D eigenvalue weighted by Gasteiger charge is 2.36. The number of thiazole rings is 1. The maximum Gasteiger partial charge on any atom is 0.0960 e. The van der Waals surface area contributed by atoms with Crippen LogP contribution < -0.4 is 5.73 Å². The zero-order valence-corrected chi connectivity index (χ0v) is 8.85. The van der Waals surface area contributed by atoms with Crippen LogP contribution in [0.3, 0.4) is 0 Å². The molecule has 0 aromatic carbocycles. The molecular weight excluding hydrogens is 196 g/mol. The van der Waals surface area contributed by atoms with Crippen LogP contribution in [-0.4, -0.2) is 18.2 Å². The Balaban J connectivity index is 1.87. The van der Waals surface area contributed by atoms with Crippen molar-refractivity contribution in [1.29, 1.82) is 0 Å². The molecule has 2 aliphatic rings. The lowest BCUT2D eigenvalue weighted by atomic mass is 9.97. The van der Waals surface area contributed by atoms with Crippen molar-refractivity contribution < 1.29 is 4.74 Å². The number of hydrogen-bond acceptors (Lipinski definition) is 4. The van der Waals surface area contributed by atoms with Gasteiger partial charge in [-0.1, -0.05) is 0 Å². The molecule has 1 aromatic rings. The van der Waals surface area contributed by atoms with E-state index in [2.05, 4.69) is 10.4 Å². The molecule has 14 heavy (non-hydrogen) atoms. The Morgan fingerprint density at radius 1 is 1.57 bits per heavy atom. The van der Waals surface area contributed by atoms with Crippen molar-refractivity contribution in [3.8, 4) is 0 Å². The first-order valence-electron chi connectivity index (χ1n) is 5.10. The van der Waals surface area contributed by atoms with E-state index in [1.807, 2.05) is 0 Å². The van der Waals surface area contributed by atoms with Gasteiger partial charge >= 0.3 is 0 Å². The second-order valence-corrected chi connectivity index (χ2v) is 5.19. The fraction of sp³-hybridized carbons (Fsp3) is 0.700. The minimum absolute atomic E-state index is 0.302. The molecule has 1 unspecified atom stereocenters. The molecule has 0 amide bonds. The highest BCUT2D eigenvalue weighted by atomic mass is 32.1. The molecule has 1 saturated heterocycles. The first-order chi connectivity index (χ1) is 6.78. The number of nitrogens with two attached hydrogens (primary N) is 1. The fourth-order valence-electron chi connectivity index (χ4n) is 1.82. The molecule has 0 bridgehead atoms. The largest absolute Gasteiger partial charge is 0.379 e. The molecule has 4 heteroatoms. The van der Waals surface area contributed by atoms with Gasteiger partial charge in [-0.15, -0.1) is 11.3 Å². The summed E-state index contributed by atoms with van der Waals surface area (Å²) in [5.74, 6) is 0.736. The topological polar surface area (TPSA) is 48.1 Å². The summed E-state index contributed by atoms with van der Waals surface area (Å²) in [6, 6.07) is 0. The van der Waals surface area contributed by atoms with Gasteiger partial charge in [0.05, 0.1) is 22.8 Å². The van der Waals surface area contributed by atoms with E-state index in [-0.39, 0.29) is 5.54 Å². The molecule has 1 aliphatic heterocycles. The van der Waals surface area contributed by atoms with E-state index in [1.165, 1.54) is 17.8 Å². The lowest BCUT2D eigenvalue weighted by Crippen LogP contribution is -2.37. The summed E-state index contributed by atoms with van der Waals surface area (Å²) < 4.78 is 5.34. The Morgan fingerprint density at radius 2 is 2.43 bits per heavy atom. The molecule has 3 rings (SSSR count). The third-order valence-corrected chi connectivity index (χ3v) is 4.02. The van der Waals surface area contributed by atoms with Gasteiger partial charge in [0.25, 0.3) is 0 Å². The molecule has 1 aromatic heterocycles. The summed E-state index contributed by atoms with van der Waals surface area (Å²) in [5, 5.41) is 3.39. The van der Waals surface area contributed by atoms with E-state index < -0.39 is 0 Å². The fourth-order valence-corrected chi connectivity index (χ4v) is 2.92. The molecule has 1 aliphatic carbocycles. The number of aromatic nitrogens is 1. The van der Waals surface area contributed by atoms with Crippen molar-refractivity contribution in [3.63, 3.8) is 0 Å². The van der Waals surface area contributed by atoms with Gasteiger partial charge in [0.2, 0.25) is 0 Å². The molecule has 1 saturated carbocycles. The van der Waals surface area contributed by atoms with Crippen LogP contribution >= 0.6 is 11.3 Å². The first kappa shape index (κ1) is 8.83. The van der Waals surface area contributed by atoms with Gasteiger partial charge in [-0.25, -0.2) is 4.98 Å². The van der Waals surface area contributed by atoms with E-state index in [0.717, 1.165) is 24.6 Å². The van der Waals surface area contributed by atoms with Crippen molar-refractivity contribution in [2.24, 2.45) is 5.73 Å². The molecule has 3 nitrogen and oxygen atoms in total. The van der Waals surface area contributed by atoms with Crippen LogP contribution in [0.25, 0.3) is 0 Å². The summed E-state index contributed by atoms with van der Waals surface area (Å²) >= 11 is 1.76. The summed E-state index contributed by atoms with van der Waals surface area (Å²) in [5.41, 5.74) is 6.97. The van der Waals surface area contributed by atoms with Gasteiger partial charge < -0.3 is 10.5 Å². The number of rotatable bonds is 2. The molecule has 2 N–H and O–H groups in total. The van der Waals surface area contributed by atoms with Gasteiger partial charge in [0.1, 0.15) is 0 Å². The zero-order valence-electron chi connectivity index (χ0n) is 8.03. The molecule has 2 fully saturated rings. The van der Waals surface area contributed by atoms with Crippen molar-refractivity contribution in [3.05, 3.63) is 16.1 Å². The van der Waals surface area contributed by atoms with Crippen LogP contribution in [0.2, 0.25) is 0 Å². The van der Waals surface area contributed by atoms with Crippen molar-refractivity contribution in [2.45, 2.75) is 30.7 Å². The van der Waals surface area contributed by atoms with E-state index in [4.69, 9.17) is 10.5 Å². The molecule has 0 spiro atoms. The Kier molecular flexibility index (Phi) is 1.90. The Morgan fingerprint density at radius 3 is 3.07 bits per heavy atom. The second-order valence-electron chi connectivity index (χ2n) is 4.30. The maximum atomic E-state index is 6.23. The van der Waals surface area contributed by atoms with Gasteiger partial charge in [-0.2, -0.15) is 0 Å². The summed E-state index contributed by atoms with van der Waals surface area (Å²) in [6.07, 6.45) is 3.52. The van der Waals surface area contributed by atoms with Crippen LogP contribution in [-0.2, 0) is 10.3 Å². The van der Waals surface area contributed by atoms with Crippen LogP contribution in [0.5, 0.6) is 0 Å². The maximum absolute atomic E-state index is 6.23. The van der Waals surface area contributed by atoms with Crippen LogP contribution in [0.4, 0.5) is 0 Å². The third-order valence-electron chi connectivity index (χ3n) is 3.01. The molecule has 76 valence electrons. The average Bonchev–Trinajstić information content (AvgIpc) is 2.75. The minimum Gasteiger partial charge on any atom is -0.379 e. The summed E-state index contributed by atoms with van der Waals surface area (Å²) in [4.78, 5) is 4.64. The molecule has 2 heterocycles. The number of nitrogens with zero attached hydrogens (tertiary/aromatic N) is 1. The zero-order chi connectivity index (χ0) is 9.60. The van der Waals surface area contributed by atoms with E-state index in [9.17, 15) is 0 Å².